The molecule has 1 aromatic rings. The Hall–Kier alpha value is -0.860. The summed E-state index contributed by atoms with van der Waals surface area (Å²) in [6.07, 6.45) is 0.766. The summed E-state index contributed by atoms with van der Waals surface area (Å²) >= 11 is 5.97. The monoisotopic (exact) mass is 332 g/mol. The Bertz CT molecular complexity index is 652. The van der Waals surface area contributed by atoms with Gasteiger partial charge in [-0.25, -0.2) is 13.1 Å². The second kappa shape index (κ2) is 5.40. The van der Waals surface area contributed by atoms with Crippen molar-refractivity contribution in [2.75, 3.05) is 13.7 Å². The summed E-state index contributed by atoms with van der Waals surface area (Å²) in [5, 5.41) is 0.244. The lowest BCUT2D eigenvalue weighted by Gasteiger charge is -2.45. The maximum atomic E-state index is 12.4. The summed E-state index contributed by atoms with van der Waals surface area (Å²) in [5.41, 5.74) is 6.02. The Morgan fingerprint density at radius 3 is 2.90 bits per heavy atom. The molecule has 0 spiro atoms. The molecule has 1 aromatic carbocycles. The van der Waals surface area contributed by atoms with E-state index in [4.69, 9.17) is 26.8 Å². The van der Waals surface area contributed by atoms with Crippen LogP contribution in [-0.4, -0.2) is 40.3 Å². The van der Waals surface area contributed by atoms with Crippen molar-refractivity contribution in [3.63, 3.8) is 0 Å². The summed E-state index contributed by atoms with van der Waals surface area (Å²) in [4.78, 5) is 0.0851. The first-order chi connectivity index (χ1) is 9.94. The molecule has 6 nitrogen and oxygen atoms in total. The molecule has 2 aliphatic rings. The van der Waals surface area contributed by atoms with Crippen molar-refractivity contribution in [1.82, 2.24) is 4.72 Å². The Morgan fingerprint density at radius 1 is 1.48 bits per heavy atom. The normalized spacial score (nSPS) is 31.6. The highest BCUT2D eigenvalue weighted by atomic mass is 35.5. The third-order valence-corrected chi connectivity index (χ3v) is 5.92. The van der Waals surface area contributed by atoms with Crippen LogP contribution in [0.1, 0.15) is 6.42 Å². The second-order valence-corrected chi connectivity index (χ2v) is 7.43. The van der Waals surface area contributed by atoms with Gasteiger partial charge in [0.05, 0.1) is 29.2 Å². The van der Waals surface area contributed by atoms with E-state index >= 15 is 0 Å². The molecule has 0 amide bonds. The van der Waals surface area contributed by atoms with Crippen LogP contribution in [0, 0.1) is 5.92 Å². The molecule has 4 atom stereocenters. The number of nitrogens with one attached hydrogen (secondary N) is 1. The van der Waals surface area contributed by atoms with Crippen molar-refractivity contribution in [1.29, 1.82) is 0 Å². The fourth-order valence-electron chi connectivity index (χ4n) is 2.96. The molecule has 3 N–H and O–H groups in total. The van der Waals surface area contributed by atoms with E-state index in [0.717, 1.165) is 6.42 Å². The van der Waals surface area contributed by atoms with Crippen molar-refractivity contribution in [2.24, 2.45) is 11.7 Å². The average molecular weight is 333 g/mol. The van der Waals surface area contributed by atoms with Crippen LogP contribution in [0.5, 0.6) is 5.75 Å². The van der Waals surface area contributed by atoms with Crippen LogP contribution in [0.15, 0.2) is 23.1 Å². The van der Waals surface area contributed by atoms with Gasteiger partial charge < -0.3 is 15.2 Å². The first kappa shape index (κ1) is 15.1. The number of halogens is 1. The van der Waals surface area contributed by atoms with Crippen LogP contribution in [0.3, 0.4) is 0 Å². The zero-order chi connectivity index (χ0) is 15.2. The van der Waals surface area contributed by atoms with Crippen LogP contribution in [0.25, 0.3) is 0 Å². The Morgan fingerprint density at radius 2 is 2.24 bits per heavy atom. The summed E-state index contributed by atoms with van der Waals surface area (Å²) in [5.74, 6) is 0.673. The largest absolute Gasteiger partial charge is 0.495 e. The molecular formula is C13H17ClN2O4S. The maximum Gasteiger partial charge on any atom is 0.241 e. The number of hydrogen-bond donors (Lipinski definition) is 2. The van der Waals surface area contributed by atoms with Crippen molar-refractivity contribution in [3.05, 3.63) is 23.2 Å². The van der Waals surface area contributed by atoms with E-state index in [2.05, 4.69) is 4.72 Å². The molecule has 1 heterocycles. The van der Waals surface area contributed by atoms with E-state index in [1.165, 1.54) is 25.3 Å². The quantitative estimate of drug-likeness (QED) is 0.848. The van der Waals surface area contributed by atoms with Gasteiger partial charge in [-0.15, -0.1) is 0 Å². The summed E-state index contributed by atoms with van der Waals surface area (Å²) < 4.78 is 38.0. The molecule has 3 rings (SSSR count). The van der Waals surface area contributed by atoms with Gasteiger partial charge in [-0.1, -0.05) is 11.6 Å². The SMILES string of the molecule is COc1ccc(S(=O)(=O)NC2C(N)C3CCOC32)cc1Cl. The van der Waals surface area contributed by atoms with Crippen molar-refractivity contribution < 1.29 is 17.9 Å². The summed E-state index contributed by atoms with van der Waals surface area (Å²) in [6.45, 7) is 0.635. The van der Waals surface area contributed by atoms with Crippen LogP contribution in [0.4, 0.5) is 0 Å². The van der Waals surface area contributed by atoms with Crippen LogP contribution in [-0.2, 0) is 14.8 Å². The first-order valence-electron chi connectivity index (χ1n) is 6.67. The highest BCUT2D eigenvalue weighted by molar-refractivity contribution is 7.89. The minimum Gasteiger partial charge on any atom is -0.495 e. The maximum absolute atomic E-state index is 12.4. The molecule has 8 heteroatoms. The number of methoxy groups -OCH3 is 1. The van der Waals surface area contributed by atoms with Crippen molar-refractivity contribution in [3.8, 4) is 5.75 Å². The van der Waals surface area contributed by atoms with Gasteiger partial charge in [0.25, 0.3) is 0 Å². The third-order valence-electron chi connectivity index (χ3n) is 4.17. The Labute approximate surface area is 128 Å². The fraction of sp³-hybridized carbons (Fsp3) is 0.538. The number of hydrogen-bond acceptors (Lipinski definition) is 5. The summed E-state index contributed by atoms with van der Waals surface area (Å²) in [6, 6.07) is 3.74. The lowest BCUT2D eigenvalue weighted by molar-refractivity contribution is -0.00924. The minimum atomic E-state index is -3.69. The van der Waals surface area contributed by atoms with E-state index in [-0.39, 0.29) is 34.0 Å². The number of nitrogens with two attached hydrogens (primary N) is 1. The van der Waals surface area contributed by atoms with E-state index in [9.17, 15) is 8.42 Å². The van der Waals surface area contributed by atoms with Crippen molar-refractivity contribution >= 4 is 21.6 Å². The molecule has 1 aliphatic heterocycles. The molecule has 116 valence electrons. The van der Waals surface area contributed by atoms with Crippen molar-refractivity contribution in [2.45, 2.75) is 29.5 Å². The number of ether oxygens (including phenoxy) is 2. The number of sulfonamides is 1. The molecule has 21 heavy (non-hydrogen) atoms. The first-order valence-corrected chi connectivity index (χ1v) is 8.53. The Balaban J connectivity index is 1.79. The van der Waals surface area contributed by atoms with Gasteiger partial charge in [-0.05, 0) is 24.6 Å². The van der Waals surface area contributed by atoms with Gasteiger partial charge in [-0.3, -0.25) is 0 Å². The van der Waals surface area contributed by atoms with E-state index in [1.54, 1.807) is 0 Å². The topological polar surface area (TPSA) is 90.7 Å². The molecule has 2 fully saturated rings. The third kappa shape index (κ3) is 2.53. The molecule has 0 radical (unpaired) electrons. The zero-order valence-corrected chi connectivity index (χ0v) is 13.0. The predicted octanol–water partition coefficient (Wildman–Crippen LogP) is 0.742. The molecule has 1 saturated carbocycles. The standard InChI is InChI=1S/C13H17ClN2O4S/c1-19-10-3-2-7(6-9(10)14)21(17,18)16-12-11(15)8-4-5-20-13(8)12/h2-3,6,8,11-13,16H,4-5,15H2,1H3. The van der Waals surface area contributed by atoms with Gasteiger partial charge in [0.15, 0.2) is 0 Å². The number of fused-ring (bicyclic) bond motifs is 1. The number of benzene rings is 1. The van der Waals surface area contributed by atoms with Gasteiger partial charge in [0.2, 0.25) is 10.0 Å². The highest BCUT2D eigenvalue weighted by Crippen LogP contribution is 2.38. The van der Waals surface area contributed by atoms with E-state index < -0.39 is 10.0 Å². The zero-order valence-electron chi connectivity index (χ0n) is 11.5. The van der Waals surface area contributed by atoms with E-state index in [0.29, 0.717) is 12.4 Å². The fourth-order valence-corrected chi connectivity index (χ4v) is 4.58. The highest BCUT2D eigenvalue weighted by Gasteiger charge is 2.53. The summed E-state index contributed by atoms with van der Waals surface area (Å²) in [7, 11) is -2.22. The Kier molecular flexibility index (Phi) is 3.87. The molecule has 0 aromatic heterocycles. The predicted molar refractivity (Wildman–Crippen MR) is 77.9 cm³/mol. The van der Waals surface area contributed by atoms with E-state index in [1.807, 2.05) is 0 Å². The average Bonchev–Trinajstić information content (AvgIpc) is 2.89. The lowest BCUT2D eigenvalue weighted by Crippen LogP contribution is -2.68. The minimum absolute atomic E-state index is 0.0851. The smallest absolute Gasteiger partial charge is 0.241 e. The van der Waals surface area contributed by atoms with Gasteiger partial charge in [0, 0.05) is 18.6 Å². The molecule has 1 saturated heterocycles. The lowest BCUT2D eigenvalue weighted by atomic mass is 9.73. The van der Waals surface area contributed by atoms with Gasteiger partial charge >= 0.3 is 0 Å². The molecule has 1 aliphatic carbocycles. The second-order valence-electron chi connectivity index (χ2n) is 5.31. The van der Waals surface area contributed by atoms with Crippen LogP contribution >= 0.6 is 11.6 Å². The van der Waals surface area contributed by atoms with Crippen LogP contribution in [0.2, 0.25) is 5.02 Å². The number of rotatable bonds is 4. The molecular weight excluding hydrogens is 316 g/mol. The molecule has 4 unspecified atom stereocenters. The van der Waals surface area contributed by atoms with Gasteiger partial charge in [0.1, 0.15) is 5.75 Å². The van der Waals surface area contributed by atoms with Crippen LogP contribution < -0.4 is 15.2 Å². The van der Waals surface area contributed by atoms with Gasteiger partial charge in [-0.2, -0.15) is 0 Å². The molecule has 0 bridgehead atoms.